The molecule has 1 amide bonds. The number of esters is 1. The van der Waals surface area contributed by atoms with Crippen LogP contribution in [0.5, 0.6) is 0 Å². The van der Waals surface area contributed by atoms with Crippen LogP contribution in [0.3, 0.4) is 0 Å². The lowest BCUT2D eigenvalue weighted by atomic mass is 9.96. The van der Waals surface area contributed by atoms with Gasteiger partial charge >= 0.3 is 17.9 Å². The Morgan fingerprint density at radius 3 is 2.15 bits per heavy atom. The van der Waals surface area contributed by atoms with Gasteiger partial charge in [0.15, 0.2) is 0 Å². The Bertz CT molecular complexity index is 418. The average molecular weight is 287 g/mol. The zero-order valence-corrected chi connectivity index (χ0v) is 11.6. The van der Waals surface area contributed by atoms with Crippen LogP contribution < -0.4 is 5.32 Å². The van der Waals surface area contributed by atoms with Crippen molar-refractivity contribution < 1.29 is 33.7 Å². The lowest BCUT2D eigenvalue weighted by molar-refractivity contribution is -0.260. The smallest absolute Gasteiger partial charge is 0.392 e. The molecule has 8 heteroatoms. The minimum atomic E-state index is -2.07. The molecule has 0 aromatic rings. The van der Waals surface area contributed by atoms with Gasteiger partial charge in [-0.1, -0.05) is 13.5 Å². The fourth-order valence-electron chi connectivity index (χ4n) is 1.30. The first-order valence-corrected chi connectivity index (χ1v) is 5.85. The van der Waals surface area contributed by atoms with Crippen molar-refractivity contribution in [2.24, 2.45) is 0 Å². The molecule has 0 radical (unpaired) electrons. The summed E-state index contributed by atoms with van der Waals surface area (Å²) >= 11 is 0. The van der Waals surface area contributed by atoms with Crippen LogP contribution in [0.4, 0.5) is 0 Å². The Morgan fingerprint density at radius 1 is 1.15 bits per heavy atom. The minimum absolute atomic E-state index is 0.000106. The van der Waals surface area contributed by atoms with Crippen LogP contribution in [0.1, 0.15) is 27.2 Å². The van der Waals surface area contributed by atoms with E-state index in [1.165, 1.54) is 13.8 Å². The number of carbonyl (C=O) groups excluding carboxylic acids is 4. The normalized spacial score (nSPS) is 12.6. The van der Waals surface area contributed by atoms with E-state index >= 15 is 0 Å². The average Bonchev–Trinajstić information content (AvgIpc) is 2.41. The van der Waals surface area contributed by atoms with Crippen LogP contribution in [0.15, 0.2) is 12.7 Å². The van der Waals surface area contributed by atoms with E-state index in [9.17, 15) is 19.2 Å². The molecule has 0 aromatic heterocycles. The summed E-state index contributed by atoms with van der Waals surface area (Å²) in [6.07, 6.45) is 0.625. The lowest BCUT2D eigenvalue weighted by Crippen LogP contribution is -2.60. The van der Waals surface area contributed by atoms with E-state index < -0.39 is 29.4 Å². The largest absolute Gasteiger partial charge is 0.464 e. The third-order valence-electron chi connectivity index (χ3n) is 2.26. The van der Waals surface area contributed by atoms with Crippen molar-refractivity contribution in [2.75, 3.05) is 6.61 Å². The molecule has 1 unspecified atom stereocenters. The van der Waals surface area contributed by atoms with Crippen molar-refractivity contribution in [1.82, 2.24) is 5.32 Å². The third kappa shape index (κ3) is 4.38. The predicted molar refractivity (Wildman–Crippen MR) is 65.9 cm³/mol. The van der Waals surface area contributed by atoms with Crippen LogP contribution >= 0.6 is 0 Å². The zero-order chi connectivity index (χ0) is 15.8. The highest BCUT2D eigenvalue weighted by Crippen LogP contribution is 2.16. The van der Waals surface area contributed by atoms with E-state index in [1.807, 2.05) is 0 Å². The first-order chi connectivity index (χ1) is 9.33. The summed E-state index contributed by atoms with van der Waals surface area (Å²) in [5, 5.41) is 2.16. The molecule has 1 N–H and O–H groups in total. The molecule has 0 spiro atoms. The maximum Gasteiger partial charge on any atom is 0.392 e. The SMILES string of the molecule is C=CC(=O)OOC(=O)C(CC)(NC(C)=O)C(=O)OCC. The second-order valence-corrected chi connectivity index (χ2v) is 3.64. The molecule has 0 saturated heterocycles. The van der Waals surface area contributed by atoms with Gasteiger partial charge in [0.2, 0.25) is 11.4 Å². The molecule has 0 aliphatic rings. The molecule has 0 heterocycles. The molecule has 20 heavy (non-hydrogen) atoms. The Kier molecular flexibility index (Phi) is 6.98. The summed E-state index contributed by atoms with van der Waals surface area (Å²) in [5.74, 6) is -3.93. The highest BCUT2D eigenvalue weighted by molar-refractivity contribution is 6.07. The Balaban J connectivity index is 5.21. The lowest BCUT2D eigenvalue weighted by Gasteiger charge is -2.27. The molecular weight excluding hydrogens is 270 g/mol. The van der Waals surface area contributed by atoms with Gasteiger partial charge < -0.3 is 10.1 Å². The Morgan fingerprint density at radius 2 is 1.75 bits per heavy atom. The monoisotopic (exact) mass is 287 g/mol. The zero-order valence-electron chi connectivity index (χ0n) is 11.6. The van der Waals surface area contributed by atoms with E-state index in [-0.39, 0.29) is 13.0 Å². The second kappa shape index (κ2) is 7.93. The van der Waals surface area contributed by atoms with Crippen molar-refractivity contribution in [3.63, 3.8) is 0 Å². The fourth-order valence-corrected chi connectivity index (χ4v) is 1.30. The van der Waals surface area contributed by atoms with Gasteiger partial charge in [-0.25, -0.2) is 24.2 Å². The molecule has 112 valence electrons. The summed E-state index contributed by atoms with van der Waals surface area (Å²) in [5.41, 5.74) is -2.07. The van der Waals surface area contributed by atoms with E-state index in [2.05, 4.69) is 21.7 Å². The Labute approximate surface area is 116 Å². The molecule has 0 rings (SSSR count). The van der Waals surface area contributed by atoms with Crippen molar-refractivity contribution in [2.45, 2.75) is 32.7 Å². The van der Waals surface area contributed by atoms with Crippen molar-refractivity contribution in [1.29, 1.82) is 0 Å². The van der Waals surface area contributed by atoms with Gasteiger partial charge in [0.05, 0.1) is 6.61 Å². The summed E-state index contributed by atoms with van der Waals surface area (Å²) in [7, 11) is 0. The molecule has 0 saturated carbocycles. The molecule has 0 fully saturated rings. The Hall–Kier alpha value is -2.38. The number of hydrogen-bond acceptors (Lipinski definition) is 7. The number of rotatable bonds is 6. The number of ether oxygens (including phenoxy) is 1. The van der Waals surface area contributed by atoms with Gasteiger partial charge in [-0.05, 0) is 13.3 Å². The molecular formula is C12H17NO7. The maximum absolute atomic E-state index is 11.9. The van der Waals surface area contributed by atoms with E-state index in [4.69, 9.17) is 4.74 Å². The van der Waals surface area contributed by atoms with Gasteiger partial charge in [-0.2, -0.15) is 0 Å². The minimum Gasteiger partial charge on any atom is -0.464 e. The van der Waals surface area contributed by atoms with Gasteiger partial charge in [0.25, 0.3) is 0 Å². The fraction of sp³-hybridized carbons (Fsp3) is 0.500. The summed E-state index contributed by atoms with van der Waals surface area (Å²) in [6.45, 7) is 7.22. The third-order valence-corrected chi connectivity index (χ3v) is 2.26. The molecule has 8 nitrogen and oxygen atoms in total. The van der Waals surface area contributed by atoms with E-state index in [1.54, 1.807) is 0 Å². The van der Waals surface area contributed by atoms with Gasteiger partial charge in [0.1, 0.15) is 0 Å². The maximum atomic E-state index is 11.9. The second-order valence-electron chi connectivity index (χ2n) is 3.64. The molecule has 0 bridgehead atoms. The molecule has 1 atom stereocenters. The quantitative estimate of drug-likeness (QED) is 0.241. The summed E-state index contributed by atoms with van der Waals surface area (Å²) < 4.78 is 4.74. The van der Waals surface area contributed by atoms with Crippen LogP contribution in [-0.4, -0.2) is 36.0 Å². The molecule has 0 aliphatic carbocycles. The predicted octanol–water partition coefficient (Wildman–Crippen LogP) is 0.0218. The van der Waals surface area contributed by atoms with Gasteiger partial charge in [-0.15, -0.1) is 0 Å². The van der Waals surface area contributed by atoms with Gasteiger partial charge in [0, 0.05) is 13.0 Å². The number of carbonyl (C=O) groups is 4. The van der Waals surface area contributed by atoms with Crippen molar-refractivity contribution in [3.8, 4) is 0 Å². The number of nitrogens with one attached hydrogen (secondary N) is 1. The summed E-state index contributed by atoms with van der Waals surface area (Å²) in [4.78, 5) is 54.2. The highest BCUT2D eigenvalue weighted by atomic mass is 17.2. The first-order valence-electron chi connectivity index (χ1n) is 5.85. The van der Waals surface area contributed by atoms with Gasteiger partial charge in [-0.3, -0.25) is 4.79 Å². The number of amides is 1. The van der Waals surface area contributed by atoms with Crippen molar-refractivity contribution in [3.05, 3.63) is 12.7 Å². The van der Waals surface area contributed by atoms with Crippen LogP contribution in [0.2, 0.25) is 0 Å². The topological polar surface area (TPSA) is 108 Å². The standard InChI is InChI=1S/C12H17NO7/c1-5-9(15)19-20-11(17)12(6-2,13-8(4)14)10(16)18-7-3/h5H,1,6-7H2,2-4H3,(H,13,14). The van der Waals surface area contributed by atoms with Crippen LogP contribution in [0.25, 0.3) is 0 Å². The van der Waals surface area contributed by atoms with Crippen LogP contribution in [-0.2, 0) is 33.7 Å². The van der Waals surface area contributed by atoms with E-state index in [0.29, 0.717) is 0 Å². The number of hydrogen-bond donors (Lipinski definition) is 1. The van der Waals surface area contributed by atoms with E-state index in [0.717, 1.165) is 13.0 Å². The molecule has 0 aliphatic heterocycles. The van der Waals surface area contributed by atoms with Crippen LogP contribution in [0, 0.1) is 0 Å². The molecule has 0 aromatic carbocycles. The summed E-state index contributed by atoms with van der Waals surface area (Å²) in [6, 6.07) is 0. The first kappa shape index (κ1) is 17.6. The highest BCUT2D eigenvalue weighted by Gasteiger charge is 2.50. The van der Waals surface area contributed by atoms with Crippen molar-refractivity contribution >= 4 is 23.8 Å².